The molecule has 1 aliphatic rings. The van der Waals surface area contributed by atoms with Crippen molar-refractivity contribution >= 4 is 17.4 Å². The number of Topliss-reactive ketones (excluding diaryl/α,β-unsaturated/α-hetero) is 1. The zero-order valence-electron chi connectivity index (χ0n) is 21.0. The number of hydrogen-bond donors (Lipinski definition) is 1. The van der Waals surface area contributed by atoms with E-state index in [2.05, 4.69) is 6.07 Å². The highest BCUT2D eigenvalue weighted by Crippen LogP contribution is 2.39. The highest BCUT2D eigenvalue weighted by Gasteiger charge is 2.45. The van der Waals surface area contributed by atoms with E-state index >= 15 is 0 Å². The maximum Gasteiger partial charge on any atom is 0.295 e. The van der Waals surface area contributed by atoms with Gasteiger partial charge < -0.3 is 19.6 Å². The number of carbonyl (C=O) groups is 2. The zero-order chi connectivity index (χ0) is 25.7. The van der Waals surface area contributed by atoms with Gasteiger partial charge in [-0.1, -0.05) is 60.2 Å². The molecule has 1 heterocycles. The number of aliphatic hydroxyl groups excluding tert-OH is 1. The molecule has 186 valence electrons. The van der Waals surface area contributed by atoms with Gasteiger partial charge in [-0.05, 0) is 69.4 Å². The number of aryl methyl sites for hydroxylation is 1. The standard InChI is InChI=1S/C30H32N2O4/c1-21-9-7-10-22(19-21)20-36-25-15-13-24(14-16-25)28(33)26-27(23-11-5-4-6-12-23)32(30(35)29(26)34)18-8-17-31(2)3/h4-7,9-16,19,27,33H,8,17-18,20H2,1-3H3/b28-26+/t27-/m1/s1. The van der Waals surface area contributed by atoms with E-state index < -0.39 is 17.7 Å². The van der Waals surface area contributed by atoms with Crippen LogP contribution >= 0.6 is 0 Å². The Balaban J connectivity index is 1.60. The summed E-state index contributed by atoms with van der Waals surface area (Å²) in [5.41, 5.74) is 3.61. The number of ketones is 1. The molecule has 1 atom stereocenters. The van der Waals surface area contributed by atoms with E-state index in [-0.39, 0.29) is 11.3 Å². The predicted molar refractivity (Wildman–Crippen MR) is 141 cm³/mol. The fraction of sp³-hybridized carbons (Fsp3) is 0.267. The molecule has 0 saturated carbocycles. The second-order valence-corrected chi connectivity index (χ2v) is 9.36. The van der Waals surface area contributed by atoms with Crippen LogP contribution in [0, 0.1) is 6.92 Å². The molecule has 0 unspecified atom stereocenters. The van der Waals surface area contributed by atoms with Crippen LogP contribution in [0.5, 0.6) is 5.75 Å². The Morgan fingerprint density at radius 2 is 1.69 bits per heavy atom. The molecule has 3 aromatic carbocycles. The lowest BCUT2D eigenvalue weighted by Crippen LogP contribution is -2.32. The van der Waals surface area contributed by atoms with Crippen molar-refractivity contribution in [3.63, 3.8) is 0 Å². The number of hydrogen-bond acceptors (Lipinski definition) is 5. The normalized spacial score (nSPS) is 17.1. The van der Waals surface area contributed by atoms with Crippen LogP contribution in [-0.4, -0.2) is 53.8 Å². The Morgan fingerprint density at radius 1 is 0.972 bits per heavy atom. The molecule has 1 aliphatic heterocycles. The van der Waals surface area contributed by atoms with E-state index in [1.807, 2.05) is 74.4 Å². The quantitative estimate of drug-likeness (QED) is 0.264. The van der Waals surface area contributed by atoms with Gasteiger partial charge in [0, 0.05) is 12.1 Å². The first-order chi connectivity index (χ1) is 17.3. The fourth-order valence-corrected chi connectivity index (χ4v) is 4.48. The molecule has 1 amide bonds. The number of nitrogens with zero attached hydrogens (tertiary/aromatic N) is 2. The Hall–Kier alpha value is -3.90. The molecular formula is C30H32N2O4. The van der Waals surface area contributed by atoms with E-state index in [9.17, 15) is 14.7 Å². The van der Waals surface area contributed by atoms with Crippen LogP contribution < -0.4 is 4.74 Å². The Kier molecular flexibility index (Phi) is 7.86. The number of aliphatic hydroxyl groups is 1. The molecule has 1 N–H and O–H groups in total. The van der Waals surface area contributed by atoms with E-state index in [0.717, 1.165) is 24.1 Å². The minimum absolute atomic E-state index is 0.115. The minimum atomic E-state index is -0.661. The summed E-state index contributed by atoms with van der Waals surface area (Å²) >= 11 is 0. The SMILES string of the molecule is Cc1cccc(COc2ccc(/C(O)=C3\C(=O)C(=O)N(CCCN(C)C)[C@@H]3c3ccccc3)cc2)c1. The van der Waals surface area contributed by atoms with E-state index in [4.69, 9.17) is 4.74 Å². The molecule has 36 heavy (non-hydrogen) atoms. The summed E-state index contributed by atoms with van der Waals surface area (Å²) in [7, 11) is 3.94. The third-order valence-electron chi connectivity index (χ3n) is 6.28. The molecule has 0 radical (unpaired) electrons. The van der Waals surface area contributed by atoms with Gasteiger partial charge >= 0.3 is 0 Å². The van der Waals surface area contributed by atoms with Crippen molar-refractivity contribution in [3.05, 3.63) is 107 Å². The van der Waals surface area contributed by atoms with Crippen molar-refractivity contribution in [2.45, 2.75) is 26.0 Å². The van der Waals surface area contributed by atoms with Gasteiger partial charge in [-0.2, -0.15) is 0 Å². The number of likely N-dealkylation sites (tertiary alicyclic amines) is 1. The molecule has 6 nitrogen and oxygen atoms in total. The van der Waals surface area contributed by atoms with Crippen molar-refractivity contribution in [2.24, 2.45) is 0 Å². The van der Waals surface area contributed by atoms with Gasteiger partial charge in [0.05, 0.1) is 11.6 Å². The number of amides is 1. The molecule has 0 aromatic heterocycles. The van der Waals surface area contributed by atoms with Crippen LogP contribution in [0.1, 0.15) is 34.7 Å². The first kappa shape index (κ1) is 25.2. The van der Waals surface area contributed by atoms with Crippen LogP contribution in [0.2, 0.25) is 0 Å². The second kappa shape index (κ2) is 11.2. The maximum absolute atomic E-state index is 13.1. The first-order valence-corrected chi connectivity index (χ1v) is 12.1. The van der Waals surface area contributed by atoms with Gasteiger partial charge in [0.15, 0.2) is 0 Å². The summed E-state index contributed by atoms with van der Waals surface area (Å²) in [5.74, 6) is -0.771. The second-order valence-electron chi connectivity index (χ2n) is 9.36. The summed E-state index contributed by atoms with van der Waals surface area (Å²) in [4.78, 5) is 29.7. The predicted octanol–water partition coefficient (Wildman–Crippen LogP) is 4.95. The highest BCUT2D eigenvalue weighted by molar-refractivity contribution is 6.46. The Bertz CT molecular complexity index is 1250. The van der Waals surface area contributed by atoms with Crippen LogP contribution in [-0.2, 0) is 16.2 Å². The number of rotatable bonds is 9. The smallest absolute Gasteiger partial charge is 0.295 e. The van der Waals surface area contributed by atoms with Gasteiger partial charge in [0.25, 0.3) is 11.7 Å². The summed E-state index contributed by atoms with van der Waals surface area (Å²) < 4.78 is 5.89. The molecule has 3 aromatic rings. The van der Waals surface area contributed by atoms with E-state index in [1.54, 1.807) is 29.2 Å². The molecule has 1 saturated heterocycles. The fourth-order valence-electron chi connectivity index (χ4n) is 4.48. The van der Waals surface area contributed by atoms with Crippen molar-refractivity contribution < 1.29 is 19.4 Å². The number of carbonyl (C=O) groups excluding carboxylic acids is 2. The van der Waals surface area contributed by atoms with E-state index in [1.165, 1.54) is 5.56 Å². The third-order valence-corrected chi connectivity index (χ3v) is 6.28. The molecule has 0 aliphatic carbocycles. The molecule has 1 fully saturated rings. The highest BCUT2D eigenvalue weighted by atomic mass is 16.5. The summed E-state index contributed by atoms with van der Waals surface area (Å²) in [6.07, 6.45) is 0.719. The molecule has 4 rings (SSSR count). The molecule has 0 spiro atoms. The van der Waals surface area contributed by atoms with Crippen molar-refractivity contribution in [2.75, 3.05) is 27.2 Å². The number of benzene rings is 3. The monoisotopic (exact) mass is 484 g/mol. The topological polar surface area (TPSA) is 70.1 Å². The summed E-state index contributed by atoms with van der Waals surface area (Å²) in [5, 5.41) is 11.2. The van der Waals surface area contributed by atoms with Gasteiger partial charge in [0.2, 0.25) is 0 Å². The largest absolute Gasteiger partial charge is 0.507 e. The third kappa shape index (κ3) is 5.66. The van der Waals surface area contributed by atoms with Crippen molar-refractivity contribution in [3.8, 4) is 5.75 Å². The van der Waals surface area contributed by atoms with E-state index in [0.29, 0.717) is 24.5 Å². The Labute approximate surface area is 212 Å². The maximum atomic E-state index is 13.1. The van der Waals surface area contributed by atoms with Crippen molar-refractivity contribution in [1.29, 1.82) is 0 Å². The van der Waals surface area contributed by atoms with Crippen LogP contribution in [0.25, 0.3) is 5.76 Å². The molecular weight excluding hydrogens is 452 g/mol. The lowest BCUT2D eigenvalue weighted by molar-refractivity contribution is -0.139. The van der Waals surface area contributed by atoms with Gasteiger partial charge in [0.1, 0.15) is 18.1 Å². The van der Waals surface area contributed by atoms with Gasteiger partial charge in [-0.25, -0.2) is 0 Å². The summed E-state index contributed by atoms with van der Waals surface area (Å²) in [6, 6.07) is 23.8. The number of ether oxygens (including phenoxy) is 1. The molecule has 6 heteroatoms. The van der Waals surface area contributed by atoms with Gasteiger partial charge in [-0.3, -0.25) is 9.59 Å². The van der Waals surface area contributed by atoms with Crippen LogP contribution in [0.15, 0.2) is 84.4 Å². The average molecular weight is 485 g/mol. The molecule has 0 bridgehead atoms. The average Bonchev–Trinajstić information content (AvgIpc) is 3.13. The van der Waals surface area contributed by atoms with Crippen LogP contribution in [0.3, 0.4) is 0 Å². The lowest BCUT2D eigenvalue weighted by atomic mass is 9.95. The van der Waals surface area contributed by atoms with Crippen LogP contribution in [0.4, 0.5) is 0 Å². The van der Waals surface area contributed by atoms with Crippen molar-refractivity contribution in [1.82, 2.24) is 9.80 Å². The Morgan fingerprint density at radius 3 is 2.36 bits per heavy atom. The minimum Gasteiger partial charge on any atom is -0.507 e. The van der Waals surface area contributed by atoms with Gasteiger partial charge in [-0.15, -0.1) is 0 Å². The zero-order valence-corrected chi connectivity index (χ0v) is 21.0. The lowest BCUT2D eigenvalue weighted by Gasteiger charge is -2.26. The summed E-state index contributed by atoms with van der Waals surface area (Å²) in [6.45, 7) is 3.67. The first-order valence-electron chi connectivity index (χ1n) is 12.1.